The van der Waals surface area contributed by atoms with Crippen molar-refractivity contribution in [2.45, 2.75) is 38.2 Å². The summed E-state index contributed by atoms with van der Waals surface area (Å²) in [5, 5.41) is 4.22. The Morgan fingerprint density at radius 2 is 2.04 bits per heavy atom. The van der Waals surface area contributed by atoms with Gasteiger partial charge in [0.2, 0.25) is 0 Å². The molecule has 0 unspecified atom stereocenters. The molecule has 1 saturated heterocycles. The quantitative estimate of drug-likeness (QED) is 0.868. The molecule has 0 amide bonds. The van der Waals surface area contributed by atoms with Gasteiger partial charge in [0.1, 0.15) is 0 Å². The van der Waals surface area contributed by atoms with Gasteiger partial charge in [0, 0.05) is 31.2 Å². The lowest BCUT2D eigenvalue weighted by molar-refractivity contribution is 0.00199. The molecule has 5 heteroatoms. The number of rotatable bonds is 3. The van der Waals surface area contributed by atoms with Crippen LogP contribution in [-0.4, -0.2) is 36.4 Å². The van der Waals surface area contributed by atoms with Gasteiger partial charge in [0.25, 0.3) is 11.8 Å². The summed E-state index contributed by atoms with van der Waals surface area (Å²) in [6.07, 6.45) is 6.44. The summed E-state index contributed by atoms with van der Waals surface area (Å²) in [6.45, 7) is 1.96. The Kier molecular flexibility index (Phi) is 3.81. The number of anilines is 1. The highest BCUT2D eigenvalue weighted by molar-refractivity contribution is 5.54. The summed E-state index contributed by atoms with van der Waals surface area (Å²) < 4.78 is 11.2. The fraction of sp³-hybridized carbons (Fsp3) is 0.556. The molecule has 122 valence electrons. The van der Waals surface area contributed by atoms with Crippen LogP contribution in [0.25, 0.3) is 11.5 Å². The Morgan fingerprint density at radius 3 is 2.87 bits per heavy atom. The molecule has 1 aromatic carbocycles. The SMILES string of the molecule is CO[C@@H]1CCC[C@@]12CCCN(c1noc(-c3ccccc3)n1)C2. The number of ether oxygens (including phenoxy) is 1. The molecule has 2 aromatic rings. The lowest BCUT2D eigenvalue weighted by Crippen LogP contribution is -2.48. The minimum atomic E-state index is 0.264. The first kappa shape index (κ1) is 14.7. The first-order chi connectivity index (χ1) is 11.3. The van der Waals surface area contributed by atoms with Crippen LogP contribution in [0.1, 0.15) is 32.1 Å². The number of methoxy groups -OCH3 is 1. The van der Waals surface area contributed by atoms with Crippen LogP contribution in [0.5, 0.6) is 0 Å². The monoisotopic (exact) mass is 313 g/mol. The van der Waals surface area contributed by atoms with E-state index in [0.29, 0.717) is 17.9 Å². The van der Waals surface area contributed by atoms with E-state index in [1.54, 1.807) is 0 Å². The van der Waals surface area contributed by atoms with Gasteiger partial charge in [0.15, 0.2) is 0 Å². The van der Waals surface area contributed by atoms with Crippen molar-refractivity contribution in [3.8, 4) is 11.5 Å². The number of piperidine rings is 1. The van der Waals surface area contributed by atoms with E-state index in [2.05, 4.69) is 15.0 Å². The highest BCUT2D eigenvalue weighted by atomic mass is 16.5. The Hall–Kier alpha value is -1.88. The second-order valence-corrected chi connectivity index (χ2v) is 6.77. The molecule has 4 rings (SSSR count). The summed E-state index contributed by atoms with van der Waals surface area (Å²) in [7, 11) is 1.85. The van der Waals surface area contributed by atoms with E-state index in [0.717, 1.165) is 25.1 Å². The van der Waals surface area contributed by atoms with Crippen molar-refractivity contribution in [1.82, 2.24) is 10.1 Å². The van der Waals surface area contributed by atoms with Crippen LogP contribution < -0.4 is 4.90 Å². The Bertz CT molecular complexity index is 657. The van der Waals surface area contributed by atoms with E-state index in [4.69, 9.17) is 9.26 Å². The third kappa shape index (κ3) is 2.63. The van der Waals surface area contributed by atoms with Crippen LogP contribution in [0.15, 0.2) is 34.9 Å². The van der Waals surface area contributed by atoms with Crippen LogP contribution >= 0.6 is 0 Å². The zero-order valence-electron chi connectivity index (χ0n) is 13.6. The van der Waals surface area contributed by atoms with E-state index in [-0.39, 0.29) is 5.41 Å². The van der Waals surface area contributed by atoms with Gasteiger partial charge in [-0.3, -0.25) is 0 Å². The topological polar surface area (TPSA) is 51.4 Å². The van der Waals surface area contributed by atoms with Gasteiger partial charge in [-0.05, 0) is 43.0 Å². The van der Waals surface area contributed by atoms with E-state index < -0.39 is 0 Å². The maximum atomic E-state index is 5.77. The standard InChI is InChI=1S/C18H23N3O2/c1-22-15-9-5-10-18(15)11-6-12-21(13-18)17-19-16(23-20-17)14-7-3-2-4-8-14/h2-4,7-8,15H,5-6,9-13H2,1H3/t15-,18+/m1/s1. The van der Waals surface area contributed by atoms with E-state index >= 15 is 0 Å². The molecule has 2 atom stereocenters. The maximum Gasteiger partial charge on any atom is 0.266 e. The van der Waals surface area contributed by atoms with Crippen molar-refractivity contribution >= 4 is 5.95 Å². The number of aromatic nitrogens is 2. The molecule has 1 aliphatic heterocycles. The van der Waals surface area contributed by atoms with Crippen molar-refractivity contribution in [1.29, 1.82) is 0 Å². The minimum Gasteiger partial charge on any atom is -0.381 e. The summed E-state index contributed by atoms with van der Waals surface area (Å²) in [4.78, 5) is 6.89. The molecule has 23 heavy (non-hydrogen) atoms. The summed E-state index contributed by atoms with van der Waals surface area (Å²) >= 11 is 0. The van der Waals surface area contributed by atoms with Crippen molar-refractivity contribution in [2.75, 3.05) is 25.1 Å². The molecule has 0 bridgehead atoms. The van der Waals surface area contributed by atoms with Crippen molar-refractivity contribution in [2.24, 2.45) is 5.41 Å². The number of hydrogen-bond acceptors (Lipinski definition) is 5. The van der Waals surface area contributed by atoms with Gasteiger partial charge in [-0.1, -0.05) is 24.6 Å². The van der Waals surface area contributed by atoms with E-state index in [1.165, 1.54) is 25.7 Å². The van der Waals surface area contributed by atoms with E-state index in [1.807, 2.05) is 37.4 Å². The molecule has 2 aliphatic rings. The van der Waals surface area contributed by atoms with Crippen molar-refractivity contribution in [3.63, 3.8) is 0 Å². The molecular weight excluding hydrogens is 290 g/mol. The zero-order valence-corrected chi connectivity index (χ0v) is 13.6. The molecule has 2 heterocycles. The molecule has 1 aliphatic carbocycles. The van der Waals surface area contributed by atoms with Crippen LogP contribution in [0.4, 0.5) is 5.95 Å². The zero-order chi connectivity index (χ0) is 15.7. The third-order valence-corrected chi connectivity index (χ3v) is 5.44. The predicted octanol–water partition coefficient (Wildman–Crippen LogP) is 3.52. The van der Waals surface area contributed by atoms with Crippen LogP contribution in [-0.2, 0) is 4.74 Å². The smallest absolute Gasteiger partial charge is 0.266 e. The predicted molar refractivity (Wildman–Crippen MR) is 88.3 cm³/mol. The second kappa shape index (κ2) is 5.96. The molecule has 5 nitrogen and oxygen atoms in total. The van der Waals surface area contributed by atoms with Gasteiger partial charge in [-0.2, -0.15) is 4.98 Å². The normalized spacial score (nSPS) is 27.7. The molecule has 1 spiro atoms. The second-order valence-electron chi connectivity index (χ2n) is 6.77. The average Bonchev–Trinajstić information content (AvgIpc) is 3.23. The summed E-state index contributed by atoms with van der Waals surface area (Å²) in [5.74, 6) is 1.31. The van der Waals surface area contributed by atoms with Gasteiger partial charge in [0.05, 0.1) is 6.10 Å². The molecule has 0 radical (unpaired) electrons. The van der Waals surface area contributed by atoms with E-state index in [9.17, 15) is 0 Å². The van der Waals surface area contributed by atoms with Gasteiger partial charge >= 0.3 is 0 Å². The molecule has 0 N–H and O–H groups in total. The molecular formula is C18H23N3O2. The first-order valence-corrected chi connectivity index (χ1v) is 8.48. The van der Waals surface area contributed by atoms with Gasteiger partial charge < -0.3 is 14.2 Å². The Labute approximate surface area is 136 Å². The summed E-state index contributed by atoms with van der Waals surface area (Å²) in [5.41, 5.74) is 1.23. The van der Waals surface area contributed by atoms with Gasteiger partial charge in [-0.25, -0.2) is 0 Å². The molecule has 1 aromatic heterocycles. The number of nitrogens with zero attached hydrogens (tertiary/aromatic N) is 3. The molecule has 1 saturated carbocycles. The average molecular weight is 313 g/mol. The first-order valence-electron chi connectivity index (χ1n) is 8.48. The van der Waals surface area contributed by atoms with Crippen LogP contribution in [0.2, 0.25) is 0 Å². The Balaban J connectivity index is 1.55. The highest BCUT2D eigenvalue weighted by Crippen LogP contribution is 2.46. The highest BCUT2D eigenvalue weighted by Gasteiger charge is 2.46. The lowest BCUT2D eigenvalue weighted by Gasteiger charge is -2.43. The van der Waals surface area contributed by atoms with Gasteiger partial charge in [-0.15, -0.1) is 0 Å². The summed E-state index contributed by atoms with van der Waals surface area (Å²) in [6, 6.07) is 9.94. The number of hydrogen-bond donors (Lipinski definition) is 0. The third-order valence-electron chi connectivity index (χ3n) is 5.44. The molecule has 2 fully saturated rings. The number of benzene rings is 1. The van der Waals surface area contributed by atoms with Crippen molar-refractivity contribution < 1.29 is 9.26 Å². The minimum absolute atomic E-state index is 0.264. The largest absolute Gasteiger partial charge is 0.381 e. The Morgan fingerprint density at radius 1 is 1.22 bits per heavy atom. The maximum absolute atomic E-state index is 5.77. The fourth-order valence-corrected chi connectivity index (χ4v) is 4.31. The van der Waals surface area contributed by atoms with Crippen molar-refractivity contribution in [3.05, 3.63) is 30.3 Å². The van der Waals surface area contributed by atoms with Crippen LogP contribution in [0, 0.1) is 5.41 Å². The fourth-order valence-electron chi connectivity index (χ4n) is 4.31. The lowest BCUT2D eigenvalue weighted by atomic mass is 9.76. The van der Waals surface area contributed by atoms with Crippen LogP contribution in [0.3, 0.4) is 0 Å².